The van der Waals surface area contributed by atoms with Crippen molar-refractivity contribution in [2.45, 2.75) is 45.7 Å². The molecule has 2 aromatic heterocycles. The highest BCUT2D eigenvalue weighted by Crippen LogP contribution is 2.23. The van der Waals surface area contributed by atoms with Gasteiger partial charge >= 0.3 is 0 Å². The number of piperazine rings is 1. The van der Waals surface area contributed by atoms with Crippen molar-refractivity contribution < 1.29 is 9.18 Å². The lowest BCUT2D eigenvalue weighted by Gasteiger charge is -2.36. The second-order valence-electron chi connectivity index (χ2n) is 11.2. The molecule has 0 bridgehead atoms. The summed E-state index contributed by atoms with van der Waals surface area (Å²) in [4.78, 5) is 25.4. The lowest BCUT2D eigenvalue weighted by atomic mass is 10.1. The monoisotopic (exact) mass is 554 g/mol. The highest BCUT2D eigenvalue weighted by atomic mass is 19.1. The summed E-state index contributed by atoms with van der Waals surface area (Å²) in [6.45, 7) is 9.28. The van der Waals surface area contributed by atoms with Crippen molar-refractivity contribution in [3.63, 3.8) is 0 Å². The fraction of sp³-hybridized carbons (Fsp3) is 0.394. The Balaban J connectivity index is 1.09. The molecular weight excluding hydrogens is 515 g/mol. The van der Waals surface area contributed by atoms with E-state index in [2.05, 4.69) is 56.4 Å². The van der Waals surface area contributed by atoms with Crippen molar-refractivity contribution in [2.75, 3.05) is 49.1 Å². The zero-order valence-electron chi connectivity index (χ0n) is 23.9. The van der Waals surface area contributed by atoms with Crippen LogP contribution in [0.2, 0.25) is 0 Å². The van der Waals surface area contributed by atoms with E-state index in [9.17, 15) is 9.18 Å². The van der Waals surface area contributed by atoms with Crippen LogP contribution in [0.1, 0.15) is 53.5 Å². The van der Waals surface area contributed by atoms with Gasteiger partial charge in [0.15, 0.2) is 0 Å². The molecule has 7 nitrogen and oxygen atoms in total. The van der Waals surface area contributed by atoms with E-state index in [1.807, 2.05) is 29.7 Å². The highest BCUT2D eigenvalue weighted by molar-refractivity contribution is 5.94. The summed E-state index contributed by atoms with van der Waals surface area (Å²) in [5.74, 6) is -0.297. The zero-order valence-corrected chi connectivity index (χ0v) is 23.9. The van der Waals surface area contributed by atoms with Crippen LogP contribution in [0.15, 0.2) is 66.9 Å². The Hall–Kier alpha value is -3.91. The van der Waals surface area contributed by atoms with Gasteiger partial charge in [0.25, 0.3) is 5.91 Å². The summed E-state index contributed by atoms with van der Waals surface area (Å²) >= 11 is 0. The minimum Gasteiger partial charge on any atom is -0.372 e. The van der Waals surface area contributed by atoms with E-state index < -0.39 is 0 Å². The van der Waals surface area contributed by atoms with E-state index >= 15 is 0 Å². The number of benzene rings is 2. The molecule has 6 rings (SSSR count). The molecule has 0 atom stereocenters. The molecule has 0 aliphatic carbocycles. The Morgan fingerprint density at radius 3 is 2.22 bits per heavy atom. The molecule has 1 amide bonds. The molecule has 4 heterocycles. The van der Waals surface area contributed by atoms with Crippen LogP contribution in [0.3, 0.4) is 0 Å². The third-order valence-corrected chi connectivity index (χ3v) is 8.40. The van der Waals surface area contributed by atoms with Crippen LogP contribution in [0, 0.1) is 5.82 Å². The van der Waals surface area contributed by atoms with Crippen molar-refractivity contribution in [1.82, 2.24) is 19.6 Å². The molecule has 0 unspecified atom stereocenters. The minimum absolute atomic E-state index is 0.100. The van der Waals surface area contributed by atoms with Crippen molar-refractivity contribution in [3.05, 3.63) is 95.2 Å². The molecule has 2 saturated heterocycles. The van der Waals surface area contributed by atoms with Crippen LogP contribution in [0.4, 0.5) is 15.8 Å². The maximum atomic E-state index is 13.4. The predicted octanol–water partition coefficient (Wildman–Crippen LogP) is 5.28. The number of hydrogen-bond acceptors (Lipinski definition) is 5. The van der Waals surface area contributed by atoms with E-state index in [0.29, 0.717) is 18.7 Å². The standard InChI is InChI=1S/C33H39FN6O/c1-2-30-32(33(41)35-23-25-8-12-28(13-9-25)38-15-4-3-5-16-38)40-17-14-29(22-31(40)36-30)39-20-18-37(19-21-39)24-26-6-10-27(34)11-7-26/h6-14,17,22H,2-5,15-16,18-21,23-24H2,1H3,(H,35,41). The number of nitrogens with one attached hydrogen (secondary N) is 1. The van der Waals surface area contributed by atoms with Gasteiger partial charge in [-0.15, -0.1) is 0 Å². The van der Waals surface area contributed by atoms with Gasteiger partial charge in [-0.3, -0.25) is 14.1 Å². The van der Waals surface area contributed by atoms with Crippen LogP contribution in [-0.4, -0.2) is 59.5 Å². The second-order valence-corrected chi connectivity index (χ2v) is 11.2. The van der Waals surface area contributed by atoms with Gasteiger partial charge in [-0.05, 0) is 67.1 Å². The van der Waals surface area contributed by atoms with Crippen molar-refractivity contribution in [3.8, 4) is 0 Å². The highest BCUT2D eigenvalue weighted by Gasteiger charge is 2.21. The Morgan fingerprint density at radius 2 is 1.51 bits per heavy atom. The van der Waals surface area contributed by atoms with E-state index in [0.717, 1.165) is 74.0 Å². The molecule has 2 aliphatic heterocycles. The molecule has 214 valence electrons. The first-order chi connectivity index (χ1) is 20.1. The molecule has 1 N–H and O–H groups in total. The van der Waals surface area contributed by atoms with E-state index in [-0.39, 0.29) is 11.7 Å². The number of hydrogen-bond donors (Lipinski definition) is 1. The maximum absolute atomic E-state index is 13.4. The predicted molar refractivity (Wildman–Crippen MR) is 162 cm³/mol. The lowest BCUT2D eigenvalue weighted by Crippen LogP contribution is -2.46. The minimum atomic E-state index is -0.197. The summed E-state index contributed by atoms with van der Waals surface area (Å²) in [6, 6.07) is 19.5. The number of anilines is 2. The molecule has 2 aliphatic rings. The molecule has 0 radical (unpaired) electrons. The third kappa shape index (κ3) is 6.22. The SMILES string of the molecule is CCc1nc2cc(N3CCN(Cc4ccc(F)cc4)CC3)ccn2c1C(=O)NCc1ccc(N2CCCCC2)cc1. The number of halogens is 1. The van der Waals surface area contributed by atoms with Crippen LogP contribution in [0.5, 0.6) is 0 Å². The quantitative estimate of drug-likeness (QED) is 0.321. The molecule has 0 saturated carbocycles. The molecular formula is C33H39FN6O. The first kappa shape index (κ1) is 27.3. The largest absolute Gasteiger partial charge is 0.372 e. The van der Waals surface area contributed by atoms with E-state index in [1.165, 1.54) is 37.1 Å². The number of pyridine rings is 1. The number of amides is 1. The van der Waals surface area contributed by atoms with Gasteiger partial charge in [0.05, 0.1) is 5.69 Å². The Kier molecular flexibility index (Phi) is 8.19. The molecule has 4 aromatic rings. The fourth-order valence-electron chi connectivity index (χ4n) is 6.02. The Labute approximate surface area is 241 Å². The molecule has 2 fully saturated rings. The zero-order chi connectivity index (χ0) is 28.2. The van der Waals surface area contributed by atoms with Gasteiger partial charge in [0, 0.05) is 76.0 Å². The van der Waals surface area contributed by atoms with Crippen LogP contribution in [0.25, 0.3) is 5.65 Å². The summed E-state index contributed by atoms with van der Waals surface area (Å²) in [5.41, 5.74) is 6.82. The van der Waals surface area contributed by atoms with Crippen molar-refractivity contribution >= 4 is 22.9 Å². The number of rotatable bonds is 8. The number of piperidine rings is 1. The van der Waals surface area contributed by atoms with Crippen molar-refractivity contribution in [2.24, 2.45) is 0 Å². The average molecular weight is 555 g/mol. The number of fused-ring (bicyclic) bond motifs is 1. The van der Waals surface area contributed by atoms with Gasteiger partial charge in [-0.2, -0.15) is 0 Å². The third-order valence-electron chi connectivity index (χ3n) is 8.40. The number of aromatic nitrogens is 2. The summed E-state index contributed by atoms with van der Waals surface area (Å²) < 4.78 is 15.2. The van der Waals surface area contributed by atoms with E-state index in [1.54, 1.807) is 0 Å². The Morgan fingerprint density at radius 1 is 0.829 bits per heavy atom. The molecule has 2 aromatic carbocycles. The summed E-state index contributed by atoms with van der Waals surface area (Å²) in [7, 11) is 0. The van der Waals surface area contributed by atoms with Gasteiger partial charge < -0.3 is 15.1 Å². The van der Waals surface area contributed by atoms with Crippen LogP contribution < -0.4 is 15.1 Å². The number of aryl methyl sites for hydroxylation is 1. The summed E-state index contributed by atoms with van der Waals surface area (Å²) in [5, 5.41) is 3.12. The first-order valence-electron chi connectivity index (χ1n) is 14.9. The number of imidazole rings is 1. The first-order valence-corrected chi connectivity index (χ1v) is 14.9. The van der Waals surface area contributed by atoms with Gasteiger partial charge in [-0.1, -0.05) is 31.2 Å². The van der Waals surface area contributed by atoms with Gasteiger partial charge in [0.1, 0.15) is 17.2 Å². The second kappa shape index (κ2) is 12.3. The summed E-state index contributed by atoms with van der Waals surface area (Å²) in [6.07, 6.45) is 6.50. The van der Waals surface area contributed by atoms with Gasteiger partial charge in [0.2, 0.25) is 0 Å². The fourth-order valence-corrected chi connectivity index (χ4v) is 6.02. The molecule has 41 heavy (non-hydrogen) atoms. The molecule has 8 heteroatoms. The van der Waals surface area contributed by atoms with Crippen LogP contribution in [-0.2, 0) is 19.5 Å². The normalized spacial score (nSPS) is 16.3. The van der Waals surface area contributed by atoms with E-state index in [4.69, 9.17) is 4.98 Å². The maximum Gasteiger partial charge on any atom is 0.270 e. The van der Waals surface area contributed by atoms with Crippen molar-refractivity contribution in [1.29, 1.82) is 0 Å². The van der Waals surface area contributed by atoms with Crippen LogP contribution >= 0.6 is 0 Å². The number of carbonyl (C=O) groups excluding carboxylic acids is 1. The lowest BCUT2D eigenvalue weighted by molar-refractivity contribution is 0.0944. The average Bonchev–Trinajstić information content (AvgIpc) is 3.40. The number of nitrogens with zero attached hydrogens (tertiary/aromatic N) is 5. The molecule has 0 spiro atoms. The number of carbonyl (C=O) groups is 1. The topological polar surface area (TPSA) is 56.1 Å². The smallest absolute Gasteiger partial charge is 0.270 e. The Bertz CT molecular complexity index is 1470. The van der Waals surface area contributed by atoms with Gasteiger partial charge in [-0.25, -0.2) is 9.37 Å².